The Kier molecular flexibility index (Phi) is 6.81. The topological polar surface area (TPSA) is 108 Å². The third-order valence-electron chi connectivity index (χ3n) is 4.58. The van der Waals surface area contributed by atoms with Crippen molar-refractivity contribution in [1.29, 1.82) is 5.26 Å². The zero-order chi connectivity index (χ0) is 22.2. The summed E-state index contributed by atoms with van der Waals surface area (Å²) in [5, 5.41) is 22.4. The molecule has 0 aliphatic heterocycles. The summed E-state index contributed by atoms with van der Waals surface area (Å²) in [7, 11) is 1.82. The van der Waals surface area contributed by atoms with Gasteiger partial charge in [0.1, 0.15) is 17.1 Å². The number of carbonyl (C=O) groups excluding carboxylic acids is 1. The van der Waals surface area contributed by atoms with Crippen molar-refractivity contribution >= 4 is 28.4 Å². The Morgan fingerprint density at radius 1 is 1.26 bits per heavy atom. The molecule has 0 fully saturated rings. The maximum atomic E-state index is 12.0. The highest BCUT2D eigenvalue weighted by Crippen LogP contribution is 2.24. The first-order chi connectivity index (χ1) is 15.0. The molecule has 8 heteroatoms. The summed E-state index contributed by atoms with van der Waals surface area (Å²) in [6.07, 6.45) is 8.74. The number of anilines is 2. The normalized spacial score (nSPS) is 10.9. The second kappa shape index (κ2) is 9.89. The first-order valence-corrected chi connectivity index (χ1v) is 9.62. The lowest BCUT2D eigenvalue weighted by Gasteiger charge is -2.11. The molecular weight excluding hydrogens is 390 g/mol. The number of pyridine rings is 1. The fourth-order valence-electron chi connectivity index (χ4n) is 3.07. The van der Waals surface area contributed by atoms with Gasteiger partial charge in [-0.15, -0.1) is 0 Å². The molecule has 31 heavy (non-hydrogen) atoms. The third kappa shape index (κ3) is 5.16. The van der Waals surface area contributed by atoms with Crippen LogP contribution in [0.2, 0.25) is 0 Å². The van der Waals surface area contributed by atoms with Gasteiger partial charge < -0.3 is 16.0 Å². The van der Waals surface area contributed by atoms with Crippen molar-refractivity contribution < 1.29 is 4.79 Å². The molecule has 3 rings (SSSR count). The Morgan fingerprint density at radius 2 is 2.03 bits per heavy atom. The number of allylic oxidation sites excluding steroid dienone is 3. The highest BCUT2D eigenvalue weighted by molar-refractivity contribution is 5.91. The lowest BCUT2D eigenvalue weighted by Crippen LogP contribution is -2.27. The maximum absolute atomic E-state index is 12.0. The lowest BCUT2D eigenvalue weighted by atomic mass is 10.1. The fourth-order valence-corrected chi connectivity index (χ4v) is 3.07. The molecule has 2 heterocycles. The number of aromatic nitrogens is 3. The second-order valence-corrected chi connectivity index (χ2v) is 6.68. The minimum Gasteiger partial charge on any atom is -0.382 e. The van der Waals surface area contributed by atoms with E-state index in [2.05, 4.69) is 45.3 Å². The number of carbonyl (C=O) groups is 1. The van der Waals surface area contributed by atoms with Gasteiger partial charge in [0.25, 0.3) is 0 Å². The zero-order valence-corrected chi connectivity index (χ0v) is 17.2. The van der Waals surface area contributed by atoms with E-state index in [0.29, 0.717) is 23.5 Å². The molecule has 156 valence electrons. The summed E-state index contributed by atoms with van der Waals surface area (Å²) >= 11 is 0. The van der Waals surface area contributed by atoms with Gasteiger partial charge in [0.05, 0.1) is 17.4 Å². The lowest BCUT2D eigenvalue weighted by molar-refractivity contribution is 0.254. The average molecular weight is 413 g/mol. The number of urea groups is 1. The Morgan fingerprint density at radius 3 is 2.71 bits per heavy atom. The fraction of sp³-hybridized carbons (Fsp3) is 0.130. The van der Waals surface area contributed by atoms with Crippen LogP contribution in [0.4, 0.5) is 16.2 Å². The van der Waals surface area contributed by atoms with E-state index in [9.17, 15) is 10.1 Å². The molecule has 8 nitrogen and oxygen atoms in total. The largest absolute Gasteiger partial charge is 0.382 e. The van der Waals surface area contributed by atoms with Gasteiger partial charge in [-0.2, -0.15) is 10.4 Å². The molecule has 0 atom stereocenters. The number of hydrogen-bond donors (Lipinski definition) is 3. The van der Waals surface area contributed by atoms with Crippen LogP contribution in [0.1, 0.15) is 11.1 Å². The number of aryl methyl sites for hydroxylation is 1. The summed E-state index contributed by atoms with van der Waals surface area (Å²) in [5.74, 6) is 0. The van der Waals surface area contributed by atoms with E-state index < -0.39 is 0 Å². The van der Waals surface area contributed by atoms with E-state index in [1.54, 1.807) is 29.2 Å². The molecular formula is C23H23N7O. The first kappa shape index (κ1) is 21.3. The second-order valence-electron chi connectivity index (χ2n) is 6.68. The van der Waals surface area contributed by atoms with E-state index in [1.807, 2.05) is 31.3 Å². The van der Waals surface area contributed by atoms with Crippen LogP contribution in [0.5, 0.6) is 0 Å². The van der Waals surface area contributed by atoms with Crippen molar-refractivity contribution in [3.05, 3.63) is 84.9 Å². The minimum absolute atomic E-state index is 0.357. The monoisotopic (exact) mass is 413 g/mol. The molecule has 3 aromatic rings. The molecule has 1 aromatic carbocycles. The molecule has 3 N–H and O–H groups in total. The third-order valence-corrected chi connectivity index (χ3v) is 4.58. The van der Waals surface area contributed by atoms with Gasteiger partial charge in [0.2, 0.25) is 0 Å². The molecule has 0 saturated heterocycles. The molecule has 2 amide bonds. The highest BCUT2D eigenvalue weighted by Gasteiger charge is 2.12. The van der Waals surface area contributed by atoms with Crippen molar-refractivity contribution in [3.63, 3.8) is 0 Å². The van der Waals surface area contributed by atoms with Crippen LogP contribution in [0.3, 0.4) is 0 Å². The number of benzene rings is 1. The standard InChI is InChI=1S/C23H23N7O/c1-4-6-18(5-2)28-23(31)29-19-9-7-16(8-10-19)11-12-25-21-17(13-24)14-26-20-15-27-30(3)22(20)21/h4-10,14-15H,1-2,11-12H2,3H3,(H,25,26)(H2,28,29,31). The molecule has 0 saturated carbocycles. The predicted molar refractivity (Wildman–Crippen MR) is 122 cm³/mol. The Bertz CT molecular complexity index is 1180. The van der Waals surface area contributed by atoms with Gasteiger partial charge in [-0.3, -0.25) is 9.67 Å². The summed E-state index contributed by atoms with van der Waals surface area (Å²) in [6, 6.07) is 9.39. The van der Waals surface area contributed by atoms with E-state index in [4.69, 9.17) is 0 Å². The molecule has 0 bridgehead atoms. The van der Waals surface area contributed by atoms with Gasteiger partial charge in [0.15, 0.2) is 0 Å². The summed E-state index contributed by atoms with van der Waals surface area (Å²) in [4.78, 5) is 16.3. The SMILES string of the molecule is C=CC=C(C=C)NC(=O)Nc1ccc(CCNc2c(C#N)cnc3cnn(C)c23)cc1. The zero-order valence-electron chi connectivity index (χ0n) is 17.2. The number of nitrogens with one attached hydrogen (secondary N) is 3. The molecule has 0 radical (unpaired) electrons. The van der Waals surface area contributed by atoms with Crippen LogP contribution in [-0.2, 0) is 13.5 Å². The predicted octanol–water partition coefficient (Wildman–Crippen LogP) is 3.87. The first-order valence-electron chi connectivity index (χ1n) is 9.62. The Balaban J connectivity index is 1.60. The Labute approximate surface area is 180 Å². The summed E-state index contributed by atoms with van der Waals surface area (Å²) < 4.78 is 1.71. The smallest absolute Gasteiger partial charge is 0.323 e. The van der Waals surface area contributed by atoms with E-state index in [0.717, 1.165) is 28.7 Å². The van der Waals surface area contributed by atoms with Gasteiger partial charge >= 0.3 is 6.03 Å². The van der Waals surface area contributed by atoms with Gasteiger partial charge in [-0.1, -0.05) is 31.4 Å². The highest BCUT2D eigenvalue weighted by atomic mass is 16.2. The van der Waals surface area contributed by atoms with Gasteiger partial charge in [-0.05, 0) is 36.3 Å². The molecule has 0 aliphatic rings. The molecule has 0 unspecified atom stereocenters. The molecule has 0 aliphatic carbocycles. The quantitative estimate of drug-likeness (QED) is 0.486. The van der Waals surface area contributed by atoms with Gasteiger partial charge in [-0.25, -0.2) is 4.79 Å². The number of hydrogen-bond acceptors (Lipinski definition) is 5. The van der Waals surface area contributed by atoms with Crippen molar-refractivity contribution in [2.45, 2.75) is 6.42 Å². The van der Waals surface area contributed by atoms with Crippen LogP contribution < -0.4 is 16.0 Å². The van der Waals surface area contributed by atoms with Crippen molar-refractivity contribution in [1.82, 2.24) is 20.1 Å². The van der Waals surface area contributed by atoms with Crippen LogP contribution in [0.15, 0.2) is 73.7 Å². The van der Waals surface area contributed by atoms with Crippen LogP contribution in [-0.4, -0.2) is 27.3 Å². The number of nitrogens with zero attached hydrogens (tertiary/aromatic N) is 4. The Hall–Kier alpha value is -4.38. The average Bonchev–Trinajstić information content (AvgIpc) is 3.15. The number of fused-ring (bicyclic) bond motifs is 1. The minimum atomic E-state index is -0.357. The van der Waals surface area contributed by atoms with Crippen molar-refractivity contribution in [2.24, 2.45) is 7.05 Å². The van der Waals surface area contributed by atoms with Crippen LogP contribution in [0, 0.1) is 11.3 Å². The molecule has 2 aromatic heterocycles. The van der Waals surface area contributed by atoms with Crippen molar-refractivity contribution in [2.75, 3.05) is 17.2 Å². The maximum Gasteiger partial charge on any atom is 0.323 e. The number of amides is 2. The number of nitriles is 1. The molecule has 0 spiro atoms. The number of rotatable bonds is 8. The van der Waals surface area contributed by atoms with Crippen molar-refractivity contribution in [3.8, 4) is 6.07 Å². The van der Waals surface area contributed by atoms with E-state index >= 15 is 0 Å². The van der Waals surface area contributed by atoms with E-state index in [-0.39, 0.29) is 6.03 Å². The van der Waals surface area contributed by atoms with Crippen LogP contribution in [0.25, 0.3) is 11.0 Å². The van der Waals surface area contributed by atoms with Crippen LogP contribution >= 0.6 is 0 Å². The van der Waals surface area contributed by atoms with Gasteiger partial charge in [0, 0.05) is 31.2 Å². The van der Waals surface area contributed by atoms with E-state index in [1.165, 1.54) is 6.08 Å². The summed E-state index contributed by atoms with van der Waals surface area (Å²) in [6.45, 7) is 7.86. The summed E-state index contributed by atoms with van der Waals surface area (Å²) in [5.41, 5.74) is 5.07.